The SMILES string of the molecule is CC(=O)c1ccc(N2CCN(Cc3csc(-c4ccc(C(F)(F)F)cc4)n3)CC2)c(F)c1. The van der Waals surface area contributed by atoms with Gasteiger partial charge in [-0.1, -0.05) is 12.1 Å². The first-order chi connectivity index (χ1) is 15.2. The van der Waals surface area contributed by atoms with Gasteiger partial charge in [-0.25, -0.2) is 9.37 Å². The number of halogens is 4. The summed E-state index contributed by atoms with van der Waals surface area (Å²) in [6.07, 6.45) is -4.35. The van der Waals surface area contributed by atoms with E-state index >= 15 is 0 Å². The van der Waals surface area contributed by atoms with Gasteiger partial charge in [-0.2, -0.15) is 13.2 Å². The predicted molar refractivity (Wildman–Crippen MR) is 116 cm³/mol. The molecule has 2 aromatic carbocycles. The van der Waals surface area contributed by atoms with E-state index < -0.39 is 17.6 Å². The molecular formula is C23H21F4N3OS. The van der Waals surface area contributed by atoms with Gasteiger partial charge in [0.2, 0.25) is 0 Å². The largest absolute Gasteiger partial charge is 0.416 e. The molecule has 168 valence electrons. The molecule has 1 aliphatic rings. The number of rotatable bonds is 5. The van der Waals surface area contributed by atoms with Crippen molar-refractivity contribution in [3.05, 3.63) is 70.5 Å². The van der Waals surface area contributed by atoms with E-state index in [1.807, 2.05) is 10.3 Å². The van der Waals surface area contributed by atoms with Gasteiger partial charge in [0.05, 0.1) is 16.9 Å². The Balaban J connectivity index is 1.35. The molecule has 0 amide bonds. The summed E-state index contributed by atoms with van der Waals surface area (Å²) < 4.78 is 52.6. The number of benzene rings is 2. The molecule has 0 unspecified atom stereocenters. The maximum Gasteiger partial charge on any atom is 0.416 e. The second-order valence-electron chi connectivity index (χ2n) is 7.70. The fourth-order valence-corrected chi connectivity index (χ4v) is 4.49. The minimum atomic E-state index is -4.35. The summed E-state index contributed by atoms with van der Waals surface area (Å²) in [5.41, 5.74) is 1.69. The standard InChI is InChI=1S/C23H21F4N3OS/c1-15(31)17-4-7-21(20(24)12-17)30-10-8-29(9-11-30)13-19-14-32-22(28-19)16-2-5-18(6-3-16)23(25,26)27/h2-7,12,14H,8-11,13H2,1H3. The molecule has 32 heavy (non-hydrogen) atoms. The lowest BCUT2D eigenvalue weighted by molar-refractivity contribution is -0.137. The molecule has 0 aliphatic carbocycles. The van der Waals surface area contributed by atoms with E-state index in [0.29, 0.717) is 41.5 Å². The van der Waals surface area contributed by atoms with Crippen molar-refractivity contribution >= 4 is 22.8 Å². The molecule has 1 fully saturated rings. The van der Waals surface area contributed by atoms with Crippen LogP contribution in [0.2, 0.25) is 0 Å². The molecule has 0 bridgehead atoms. The Labute approximate surface area is 187 Å². The van der Waals surface area contributed by atoms with Crippen LogP contribution >= 0.6 is 11.3 Å². The maximum atomic E-state index is 14.4. The summed E-state index contributed by atoms with van der Waals surface area (Å²) in [6, 6.07) is 9.59. The Bertz CT molecular complexity index is 1100. The number of carbonyl (C=O) groups is 1. The number of aromatic nitrogens is 1. The van der Waals surface area contributed by atoms with E-state index in [0.717, 1.165) is 30.9 Å². The fourth-order valence-electron chi connectivity index (χ4n) is 3.67. The van der Waals surface area contributed by atoms with E-state index in [4.69, 9.17) is 0 Å². The summed E-state index contributed by atoms with van der Waals surface area (Å²) in [4.78, 5) is 20.2. The highest BCUT2D eigenvalue weighted by molar-refractivity contribution is 7.13. The monoisotopic (exact) mass is 463 g/mol. The van der Waals surface area contributed by atoms with Crippen LogP contribution in [0.1, 0.15) is 28.5 Å². The van der Waals surface area contributed by atoms with Gasteiger partial charge in [0.25, 0.3) is 0 Å². The Morgan fingerprint density at radius 1 is 1.06 bits per heavy atom. The second-order valence-corrected chi connectivity index (χ2v) is 8.56. The van der Waals surface area contributed by atoms with E-state index in [-0.39, 0.29) is 5.78 Å². The molecule has 4 rings (SSSR count). The molecule has 0 atom stereocenters. The van der Waals surface area contributed by atoms with E-state index in [1.54, 1.807) is 12.1 Å². The predicted octanol–water partition coefficient (Wildman–Crippen LogP) is 5.49. The van der Waals surface area contributed by atoms with Gasteiger partial charge in [0, 0.05) is 49.2 Å². The van der Waals surface area contributed by atoms with Crippen LogP contribution in [-0.4, -0.2) is 41.8 Å². The van der Waals surface area contributed by atoms with Crippen LogP contribution < -0.4 is 4.90 Å². The molecule has 9 heteroatoms. The van der Waals surface area contributed by atoms with Crippen LogP contribution in [0.4, 0.5) is 23.2 Å². The number of piperazine rings is 1. The number of hydrogen-bond donors (Lipinski definition) is 0. The fraction of sp³-hybridized carbons (Fsp3) is 0.304. The minimum Gasteiger partial charge on any atom is -0.367 e. The summed E-state index contributed by atoms with van der Waals surface area (Å²) in [5.74, 6) is -0.564. The molecule has 4 nitrogen and oxygen atoms in total. The second kappa shape index (κ2) is 8.99. The number of thiazole rings is 1. The van der Waals surface area contributed by atoms with Gasteiger partial charge in [0.1, 0.15) is 10.8 Å². The summed E-state index contributed by atoms with van der Waals surface area (Å²) in [5, 5.41) is 2.60. The number of alkyl halides is 3. The Morgan fingerprint density at radius 3 is 2.34 bits per heavy atom. The third-order valence-electron chi connectivity index (χ3n) is 5.46. The number of ketones is 1. The lowest BCUT2D eigenvalue weighted by Gasteiger charge is -2.36. The molecule has 1 aromatic heterocycles. The molecule has 0 spiro atoms. The highest BCUT2D eigenvalue weighted by atomic mass is 32.1. The smallest absolute Gasteiger partial charge is 0.367 e. The molecule has 3 aromatic rings. The van der Waals surface area contributed by atoms with Crippen molar-refractivity contribution in [3.63, 3.8) is 0 Å². The molecule has 1 saturated heterocycles. The number of Topliss-reactive ketones (excluding diaryl/α,β-unsaturated/α-hetero) is 1. The highest BCUT2D eigenvalue weighted by Crippen LogP contribution is 2.32. The molecule has 1 aliphatic heterocycles. The average molecular weight is 464 g/mol. The van der Waals surface area contributed by atoms with E-state index in [9.17, 15) is 22.4 Å². The van der Waals surface area contributed by atoms with Crippen molar-refractivity contribution < 1.29 is 22.4 Å². The van der Waals surface area contributed by atoms with Gasteiger partial charge in [0.15, 0.2) is 5.78 Å². The zero-order valence-electron chi connectivity index (χ0n) is 17.3. The number of anilines is 1. The van der Waals surface area contributed by atoms with Gasteiger partial charge in [-0.05, 0) is 37.3 Å². The molecule has 0 N–H and O–H groups in total. The Morgan fingerprint density at radius 2 is 1.75 bits per heavy atom. The first-order valence-corrected chi connectivity index (χ1v) is 11.0. The molecule has 0 saturated carbocycles. The van der Waals surface area contributed by atoms with Crippen molar-refractivity contribution in [2.75, 3.05) is 31.1 Å². The zero-order valence-corrected chi connectivity index (χ0v) is 18.1. The van der Waals surface area contributed by atoms with Gasteiger partial charge in [-0.3, -0.25) is 9.69 Å². The quantitative estimate of drug-likeness (QED) is 0.370. The van der Waals surface area contributed by atoms with Crippen molar-refractivity contribution in [1.82, 2.24) is 9.88 Å². The third-order valence-corrected chi connectivity index (χ3v) is 6.40. The number of carbonyl (C=O) groups excluding carboxylic acids is 1. The first kappa shape index (κ1) is 22.4. The number of hydrogen-bond acceptors (Lipinski definition) is 5. The van der Waals surface area contributed by atoms with Crippen LogP contribution in [-0.2, 0) is 12.7 Å². The van der Waals surface area contributed by atoms with E-state index in [1.165, 1.54) is 36.5 Å². The average Bonchev–Trinajstić information content (AvgIpc) is 3.22. The normalized spacial score (nSPS) is 15.2. The van der Waals surface area contributed by atoms with Crippen molar-refractivity contribution in [2.24, 2.45) is 0 Å². The zero-order chi connectivity index (χ0) is 22.9. The van der Waals surface area contributed by atoms with Gasteiger partial charge >= 0.3 is 6.18 Å². The van der Waals surface area contributed by atoms with Gasteiger partial charge < -0.3 is 4.90 Å². The lowest BCUT2D eigenvalue weighted by atomic mass is 10.1. The maximum absolute atomic E-state index is 14.4. The number of nitrogens with zero attached hydrogens (tertiary/aromatic N) is 3. The van der Waals surface area contributed by atoms with Crippen molar-refractivity contribution in [2.45, 2.75) is 19.6 Å². The Kier molecular flexibility index (Phi) is 6.30. The molecule has 0 radical (unpaired) electrons. The van der Waals surface area contributed by atoms with Crippen LogP contribution in [0, 0.1) is 5.82 Å². The van der Waals surface area contributed by atoms with Crippen LogP contribution in [0.5, 0.6) is 0 Å². The van der Waals surface area contributed by atoms with Crippen LogP contribution in [0.3, 0.4) is 0 Å². The summed E-state index contributed by atoms with van der Waals surface area (Å²) in [7, 11) is 0. The Hall–Kier alpha value is -2.78. The molecule has 2 heterocycles. The van der Waals surface area contributed by atoms with E-state index in [2.05, 4.69) is 9.88 Å². The van der Waals surface area contributed by atoms with Crippen LogP contribution in [0.25, 0.3) is 10.6 Å². The minimum absolute atomic E-state index is 0.167. The molecular weight excluding hydrogens is 442 g/mol. The van der Waals surface area contributed by atoms with Gasteiger partial charge in [-0.15, -0.1) is 11.3 Å². The lowest BCUT2D eigenvalue weighted by Crippen LogP contribution is -2.46. The summed E-state index contributed by atoms with van der Waals surface area (Å²) in [6.45, 7) is 4.77. The highest BCUT2D eigenvalue weighted by Gasteiger charge is 2.30. The summed E-state index contributed by atoms with van der Waals surface area (Å²) >= 11 is 1.40. The van der Waals surface area contributed by atoms with Crippen molar-refractivity contribution in [3.8, 4) is 10.6 Å². The topological polar surface area (TPSA) is 36.4 Å². The third kappa shape index (κ3) is 4.99. The van der Waals surface area contributed by atoms with Crippen molar-refractivity contribution in [1.29, 1.82) is 0 Å². The van der Waals surface area contributed by atoms with Crippen LogP contribution in [0.15, 0.2) is 47.8 Å². The first-order valence-electron chi connectivity index (χ1n) is 10.1.